The van der Waals surface area contributed by atoms with Crippen molar-refractivity contribution in [3.05, 3.63) is 60.2 Å². The summed E-state index contributed by atoms with van der Waals surface area (Å²) in [6.45, 7) is 6.02. The van der Waals surface area contributed by atoms with E-state index in [2.05, 4.69) is 31.3 Å². The van der Waals surface area contributed by atoms with E-state index < -0.39 is 0 Å². The molecule has 1 amide bonds. The van der Waals surface area contributed by atoms with Gasteiger partial charge in [0.15, 0.2) is 0 Å². The average molecular weight is 322 g/mol. The van der Waals surface area contributed by atoms with Gasteiger partial charge >= 0.3 is 0 Å². The Kier molecular flexibility index (Phi) is 5.31. The van der Waals surface area contributed by atoms with Crippen LogP contribution in [0.25, 0.3) is 11.1 Å². The lowest BCUT2D eigenvalue weighted by Crippen LogP contribution is -2.46. The van der Waals surface area contributed by atoms with Gasteiger partial charge in [-0.05, 0) is 36.1 Å². The fourth-order valence-corrected chi connectivity index (χ4v) is 3.34. The first-order chi connectivity index (χ1) is 11.6. The second-order valence-electron chi connectivity index (χ2n) is 6.83. The molecular weight excluding hydrogens is 296 g/mol. The first-order valence-electron chi connectivity index (χ1n) is 8.84. The van der Waals surface area contributed by atoms with E-state index in [9.17, 15) is 4.79 Å². The molecule has 0 spiro atoms. The topological polar surface area (TPSA) is 32.3 Å². The van der Waals surface area contributed by atoms with Gasteiger partial charge in [0.1, 0.15) is 0 Å². The van der Waals surface area contributed by atoms with Gasteiger partial charge in [-0.15, -0.1) is 0 Å². The minimum Gasteiger partial charge on any atom is -0.339 e. The molecule has 0 saturated carbocycles. The first kappa shape index (κ1) is 16.7. The SMILES string of the molecule is CC(C)NC1CCN(C(=O)c2ccc(-c3ccccc3)cc2)CC1. The smallest absolute Gasteiger partial charge is 0.253 e. The maximum Gasteiger partial charge on any atom is 0.253 e. The molecule has 2 aromatic rings. The molecule has 0 aliphatic carbocycles. The zero-order chi connectivity index (χ0) is 16.9. The number of rotatable bonds is 4. The van der Waals surface area contributed by atoms with Crippen LogP contribution in [0.2, 0.25) is 0 Å². The Labute approximate surface area is 144 Å². The largest absolute Gasteiger partial charge is 0.339 e. The third kappa shape index (κ3) is 4.04. The van der Waals surface area contributed by atoms with E-state index in [0.717, 1.165) is 37.1 Å². The number of piperidine rings is 1. The monoisotopic (exact) mass is 322 g/mol. The van der Waals surface area contributed by atoms with Crippen LogP contribution >= 0.6 is 0 Å². The van der Waals surface area contributed by atoms with Gasteiger partial charge < -0.3 is 10.2 Å². The molecule has 1 saturated heterocycles. The lowest BCUT2D eigenvalue weighted by molar-refractivity contribution is 0.0703. The number of hydrogen-bond acceptors (Lipinski definition) is 2. The minimum atomic E-state index is 0.151. The van der Waals surface area contributed by atoms with Crippen molar-refractivity contribution in [2.75, 3.05) is 13.1 Å². The second-order valence-corrected chi connectivity index (χ2v) is 6.83. The Morgan fingerprint density at radius 3 is 2.12 bits per heavy atom. The van der Waals surface area contributed by atoms with Crippen LogP contribution in [0.3, 0.4) is 0 Å². The van der Waals surface area contributed by atoms with Gasteiger partial charge in [-0.25, -0.2) is 0 Å². The van der Waals surface area contributed by atoms with Crippen molar-refractivity contribution in [2.45, 2.75) is 38.8 Å². The predicted octanol–water partition coefficient (Wildman–Crippen LogP) is 3.96. The number of nitrogens with zero attached hydrogens (tertiary/aromatic N) is 1. The number of nitrogens with one attached hydrogen (secondary N) is 1. The molecule has 3 nitrogen and oxygen atoms in total. The molecule has 1 heterocycles. The highest BCUT2D eigenvalue weighted by molar-refractivity contribution is 5.94. The Morgan fingerprint density at radius 2 is 1.54 bits per heavy atom. The fourth-order valence-electron chi connectivity index (χ4n) is 3.34. The van der Waals surface area contributed by atoms with Gasteiger partial charge in [0.2, 0.25) is 0 Å². The number of amides is 1. The van der Waals surface area contributed by atoms with E-state index in [1.165, 1.54) is 5.56 Å². The summed E-state index contributed by atoms with van der Waals surface area (Å²) in [5.41, 5.74) is 3.11. The highest BCUT2D eigenvalue weighted by atomic mass is 16.2. The molecule has 1 fully saturated rings. The summed E-state index contributed by atoms with van der Waals surface area (Å²) in [4.78, 5) is 14.7. The van der Waals surface area contributed by atoms with Crippen molar-refractivity contribution >= 4 is 5.91 Å². The van der Waals surface area contributed by atoms with Crippen LogP contribution in [-0.2, 0) is 0 Å². The molecule has 2 aromatic carbocycles. The second kappa shape index (κ2) is 7.63. The molecule has 1 N–H and O–H groups in total. The van der Waals surface area contributed by atoms with E-state index in [0.29, 0.717) is 12.1 Å². The van der Waals surface area contributed by atoms with Crippen LogP contribution in [0.5, 0.6) is 0 Å². The molecule has 0 aromatic heterocycles. The average Bonchev–Trinajstić information content (AvgIpc) is 2.62. The molecule has 0 unspecified atom stereocenters. The van der Waals surface area contributed by atoms with Crippen LogP contribution in [0.4, 0.5) is 0 Å². The molecule has 24 heavy (non-hydrogen) atoms. The van der Waals surface area contributed by atoms with Crippen LogP contribution in [0.15, 0.2) is 54.6 Å². The standard InChI is InChI=1S/C21H26N2O/c1-16(2)22-20-12-14-23(15-13-20)21(24)19-10-8-18(9-11-19)17-6-4-3-5-7-17/h3-11,16,20,22H,12-15H2,1-2H3. The minimum absolute atomic E-state index is 0.151. The zero-order valence-electron chi connectivity index (χ0n) is 14.5. The Balaban J connectivity index is 1.62. The van der Waals surface area contributed by atoms with E-state index >= 15 is 0 Å². The molecule has 126 valence electrons. The van der Waals surface area contributed by atoms with Crippen molar-refractivity contribution in [3.63, 3.8) is 0 Å². The molecule has 0 atom stereocenters. The van der Waals surface area contributed by atoms with Gasteiger partial charge in [-0.3, -0.25) is 4.79 Å². The summed E-state index contributed by atoms with van der Waals surface area (Å²) in [5.74, 6) is 0.151. The molecule has 0 bridgehead atoms. The number of carbonyl (C=O) groups is 1. The summed E-state index contributed by atoms with van der Waals surface area (Å²) in [6.07, 6.45) is 2.07. The Bertz CT molecular complexity index is 656. The third-order valence-corrected chi connectivity index (χ3v) is 4.59. The van der Waals surface area contributed by atoms with Crippen molar-refractivity contribution in [3.8, 4) is 11.1 Å². The van der Waals surface area contributed by atoms with E-state index in [4.69, 9.17) is 0 Å². The Hall–Kier alpha value is -2.13. The van der Waals surface area contributed by atoms with E-state index in [-0.39, 0.29) is 5.91 Å². The number of hydrogen-bond donors (Lipinski definition) is 1. The normalized spacial score (nSPS) is 15.7. The van der Waals surface area contributed by atoms with Crippen molar-refractivity contribution in [1.29, 1.82) is 0 Å². The van der Waals surface area contributed by atoms with Crippen LogP contribution in [0, 0.1) is 0 Å². The fraction of sp³-hybridized carbons (Fsp3) is 0.381. The van der Waals surface area contributed by atoms with E-state index in [1.807, 2.05) is 47.4 Å². The number of likely N-dealkylation sites (tertiary alicyclic amines) is 1. The van der Waals surface area contributed by atoms with E-state index in [1.54, 1.807) is 0 Å². The van der Waals surface area contributed by atoms with Crippen molar-refractivity contribution in [1.82, 2.24) is 10.2 Å². The molecule has 1 aliphatic heterocycles. The van der Waals surface area contributed by atoms with Crippen LogP contribution in [0.1, 0.15) is 37.0 Å². The molecule has 0 radical (unpaired) electrons. The van der Waals surface area contributed by atoms with Gasteiger partial charge in [-0.2, -0.15) is 0 Å². The summed E-state index contributed by atoms with van der Waals surface area (Å²) >= 11 is 0. The maximum atomic E-state index is 12.7. The third-order valence-electron chi connectivity index (χ3n) is 4.59. The van der Waals surface area contributed by atoms with Crippen molar-refractivity contribution in [2.24, 2.45) is 0 Å². The maximum absolute atomic E-state index is 12.7. The molecule has 3 heteroatoms. The summed E-state index contributed by atoms with van der Waals surface area (Å²) < 4.78 is 0. The highest BCUT2D eigenvalue weighted by Crippen LogP contribution is 2.21. The van der Waals surface area contributed by atoms with Gasteiger partial charge in [-0.1, -0.05) is 56.3 Å². The highest BCUT2D eigenvalue weighted by Gasteiger charge is 2.23. The summed E-state index contributed by atoms with van der Waals surface area (Å²) in [6, 6.07) is 19.3. The van der Waals surface area contributed by atoms with Gasteiger partial charge in [0, 0.05) is 30.7 Å². The lowest BCUT2D eigenvalue weighted by atomic mass is 10.0. The lowest BCUT2D eigenvalue weighted by Gasteiger charge is -2.33. The van der Waals surface area contributed by atoms with Crippen LogP contribution < -0.4 is 5.32 Å². The van der Waals surface area contributed by atoms with Crippen molar-refractivity contribution < 1.29 is 4.79 Å². The molecular formula is C21H26N2O. The van der Waals surface area contributed by atoms with Crippen LogP contribution in [-0.4, -0.2) is 36.0 Å². The zero-order valence-corrected chi connectivity index (χ0v) is 14.5. The Morgan fingerprint density at radius 1 is 0.958 bits per heavy atom. The number of benzene rings is 2. The quantitative estimate of drug-likeness (QED) is 0.924. The molecule has 3 rings (SSSR count). The van der Waals surface area contributed by atoms with Gasteiger partial charge in [0.05, 0.1) is 0 Å². The van der Waals surface area contributed by atoms with Gasteiger partial charge in [0.25, 0.3) is 5.91 Å². The predicted molar refractivity (Wildman–Crippen MR) is 99.1 cm³/mol. The number of carbonyl (C=O) groups excluding carboxylic acids is 1. The summed E-state index contributed by atoms with van der Waals surface area (Å²) in [5, 5.41) is 3.57. The molecule has 1 aliphatic rings. The summed E-state index contributed by atoms with van der Waals surface area (Å²) in [7, 11) is 0. The first-order valence-corrected chi connectivity index (χ1v) is 8.84.